The topological polar surface area (TPSA) is 77.0 Å². The van der Waals surface area contributed by atoms with E-state index in [0.717, 1.165) is 0 Å². The molecule has 2 atom stereocenters. The Kier molecular flexibility index (Phi) is 8.88. The molecule has 0 saturated heterocycles. The first-order chi connectivity index (χ1) is 7.56. The molecule has 0 aliphatic rings. The van der Waals surface area contributed by atoms with E-state index in [2.05, 4.69) is 5.32 Å². The van der Waals surface area contributed by atoms with E-state index >= 15 is 0 Å². The summed E-state index contributed by atoms with van der Waals surface area (Å²) in [6.45, 7) is 4.75. The average Bonchev–Trinajstić information content (AvgIpc) is 2.21. The van der Waals surface area contributed by atoms with Gasteiger partial charge in [0, 0.05) is 7.11 Å². The molecule has 0 aromatic rings. The molecule has 16 heavy (non-hydrogen) atoms. The van der Waals surface area contributed by atoms with Crippen molar-refractivity contribution in [2.75, 3.05) is 33.5 Å². The van der Waals surface area contributed by atoms with Crippen LogP contribution in [0.1, 0.15) is 13.8 Å². The first-order valence-corrected chi connectivity index (χ1v) is 5.24. The van der Waals surface area contributed by atoms with Gasteiger partial charge < -0.3 is 24.6 Å². The minimum absolute atomic E-state index is 0.0108. The zero-order valence-electron chi connectivity index (χ0n) is 10.1. The van der Waals surface area contributed by atoms with Gasteiger partial charge in [-0.3, -0.25) is 0 Å². The highest BCUT2D eigenvalue weighted by Crippen LogP contribution is 1.89. The van der Waals surface area contributed by atoms with Crippen LogP contribution in [0.3, 0.4) is 0 Å². The minimum Gasteiger partial charge on any atom is -0.447 e. The van der Waals surface area contributed by atoms with Gasteiger partial charge in [0.15, 0.2) is 0 Å². The van der Waals surface area contributed by atoms with Crippen molar-refractivity contribution >= 4 is 6.09 Å². The van der Waals surface area contributed by atoms with E-state index in [9.17, 15) is 4.79 Å². The van der Waals surface area contributed by atoms with E-state index in [1.807, 2.05) is 0 Å². The van der Waals surface area contributed by atoms with Gasteiger partial charge in [0.25, 0.3) is 0 Å². The van der Waals surface area contributed by atoms with Gasteiger partial charge in [-0.15, -0.1) is 0 Å². The molecule has 2 unspecified atom stereocenters. The molecule has 0 radical (unpaired) electrons. The van der Waals surface area contributed by atoms with Gasteiger partial charge in [0.1, 0.15) is 6.61 Å². The maximum atomic E-state index is 11.1. The Morgan fingerprint density at radius 1 is 1.31 bits per heavy atom. The summed E-state index contributed by atoms with van der Waals surface area (Å²) in [5.74, 6) is 0. The third-order valence-electron chi connectivity index (χ3n) is 1.62. The number of ether oxygens (including phenoxy) is 3. The fourth-order valence-electron chi connectivity index (χ4n) is 0.883. The van der Waals surface area contributed by atoms with E-state index < -0.39 is 12.2 Å². The van der Waals surface area contributed by atoms with Crippen LogP contribution in [0.25, 0.3) is 0 Å². The number of rotatable bonds is 8. The highest BCUT2D eigenvalue weighted by molar-refractivity contribution is 5.67. The Hall–Kier alpha value is -0.850. The van der Waals surface area contributed by atoms with E-state index in [1.54, 1.807) is 21.0 Å². The van der Waals surface area contributed by atoms with E-state index in [1.165, 1.54) is 0 Å². The summed E-state index contributed by atoms with van der Waals surface area (Å²) < 4.78 is 14.7. The first kappa shape index (κ1) is 15.2. The molecular weight excluding hydrogens is 214 g/mol. The maximum Gasteiger partial charge on any atom is 0.407 e. The second-order valence-corrected chi connectivity index (χ2v) is 3.56. The lowest BCUT2D eigenvalue weighted by molar-refractivity contribution is 0.0535. The Labute approximate surface area is 95.9 Å². The summed E-state index contributed by atoms with van der Waals surface area (Å²) in [7, 11) is 1.60. The molecule has 96 valence electrons. The predicted molar refractivity (Wildman–Crippen MR) is 58.3 cm³/mol. The van der Waals surface area contributed by atoms with E-state index in [0.29, 0.717) is 19.8 Å². The third-order valence-corrected chi connectivity index (χ3v) is 1.62. The van der Waals surface area contributed by atoms with Crippen LogP contribution in [-0.2, 0) is 14.2 Å². The van der Waals surface area contributed by atoms with Gasteiger partial charge in [-0.2, -0.15) is 0 Å². The lowest BCUT2D eigenvalue weighted by Gasteiger charge is -2.14. The van der Waals surface area contributed by atoms with Crippen molar-refractivity contribution in [3.05, 3.63) is 0 Å². The number of aliphatic hydroxyl groups is 1. The molecule has 0 heterocycles. The van der Waals surface area contributed by atoms with Gasteiger partial charge in [0.05, 0.1) is 32.0 Å². The Morgan fingerprint density at radius 2 is 2.00 bits per heavy atom. The Balaban J connectivity index is 3.46. The molecule has 0 fully saturated rings. The second kappa shape index (κ2) is 9.38. The number of alkyl carbamates (subject to hydrolysis) is 1. The van der Waals surface area contributed by atoms with Crippen LogP contribution < -0.4 is 5.32 Å². The molecule has 0 aliphatic heterocycles. The number of amides is 1. The summed E-state index contributed by atoms with van der Waals surface area (Å²) in [6.07, 6.45) is -1.21. The van der Waals surface area contributed by atoms with Crippen molar-refractivity contribution in [2.45, 2.75) is 26.0 Å². The number of carbonyl (C=O) groups excluding carboxylic acids is 1. The van der Waals surface area contributed by atoms with Crippen molar-refractivity contribution < 1.29 is 24.1 Å². The standard InChI is InChI=1S/C10H21NO5/c1-8(6-15-5-4-14-3)11-10(13)16-7-9(2)12/h8-9,12H,4-7H2,1-3H3,(H,11,13). The molecule has 0 spiro atoms. The molecule has 0 bridgehead atoms. The van der Waals surface area contributed by atoms with Crippen LogP contribution in [0.15, 0.2) is 0 Å². The SMILES string of the molecule is COCCOCC(C)NC(=O)OCC(C)O. The van der Waals surface area contributed by atoms with Crippen LogP contribution in [0, 0.1) is 0 Å². The average molecular weight is 235 g/mol. The summed E-state index contributed by atoms with van der Waals surface area (Å²) in [5.41, 5.74) is 0. The lowest BCUT2D eigenvalue weighted by Crippen LogP contribution is -2.37. The third kappa shape index (κ3) is 9.70. The number of carbonyl (C=O) groups is 1. The number of hydrogen-bond donors (Lipinski definition) is 2. The number of hydrogen-bond acceptors (Lipinski definition) is 5. The molecule has 0 saturated carbocycles. The molecule has 0 aliphatic carbocycles. The van der Waals surface area contributed by atoms with Crippen molar-refractivity contribution in [2.24, 2.45) is 0 Å². The Morgan fingerprint density at radius 3 is 2.56 bits per heavy atom. The summed E-state index contributed by atoms with van der Waals surface area (Å²) in [5, 5.41) is 11.5. The highest BCUT2D eigenvalue weighted by Gasteiger charge is 2.09. The van der Waals surface area contributed by atoms with E-state index in [-0.39, 0.29) is 12.6 Å². The zero-order valence-corrected chi connectivity index (χ0v) is 10.1. The van der Waals surface area contributed by atoms with Crippen LogP contribution in [0.5, 0.6) is 0 Å². The molecular formula is C10H21NO5. The molecule has 0 rings (SSSR count). The van der Waals surface area contributed by atoms with Crippen molar-refractivity contribution in [1.82, 2.24) is 5.32 Å². The normalized spacial score (nSPS) is 14.2. The van der Waals surface area contributed by atoms with Crippen LogP contribution >= 0.6 is 0 Å². The zero-order chi connectivity index (χ0) is 12.4. The molecule has 6 nitrogen and oxygen atoms in total. The van der Waals surface area contributed by atoms with Crippen molar-refractivity contribution in [3.63, 3.8) is 0 Å². The van der Waals surface area contributed by atoms with Crippen LogP contribution in [-0.4, -0.2) is 56.9 Å². The number of methoxy groups -OCH3 is 1. The Bertz CT molecular complexity index is 186. The summed E-state index contributed by atoms with van der Waals surface area (Å²) in [4.78, 5) is 11.1. The fourth-order valence-corrected chi connectivity index (χ4v) is 0.883. The fraction of sp³-hybridized carbons (Fsp3) is 0.900. The number of aliphatic hydroxyl groups excluding tert-OH is 1. The maximum absolute atomic E-state index is 11.1. The highest BCUT2D eigenvalue weighted by atomic mass is 16.6. The van der Waals surface area contributed by atoms with Crippen LogP contribution in [0.4, 0.5) is 4.79 Å². The monoisotopic (exact) mass is 235 g/mol. The lowest BCUT2D eigenvalue weighted by atomic mass is 10.4. The van der Waals surface area contributed by atoms with Crippen LogP contribution in [0.2, 0.25) is 0 Å². The smallest absolute Gasteiger partial charge is 0.407 e. The molecule has 6 heteroatoms. The molecule has 2 N–H and O–H groups in total. The minimum atomic E-state index is -0.654. The van der Waals surface area contributed by atoms with Gasteiger partial charge >= 0.3 is 6.09 Å². The largest absolute Gasteiger partial charge is 0.447 e. The van der Waals surface area contributed by atoms with Gasteiger partial charge in [0.2, 0.25) is 0 Å². The summed E-state index contributed by atoms with van der Waals surface area (Å²) in [6, 6.07) is -0.140. The van der Waals surface area contributed by atoms with Gasteiger partial charge in [-0.05, 0) is 13.8 Å². The molecule has 1 amide bonds. The number of nitrogens with one attached hydrogen (secondary N) is 1. The second-order valence-electron chi connectivity index (χ2n) is 3.56. The quantitative estimate of drug-likeness (QED) is 0.585. The molecule has 0 aromatic carbocycles. The summed E-state index contributed by atoms with van der Waals surface area (Å²) >= 11 is 0. The van der Waals surface area contributed by atoms with Gasteiger partial charge in [-0.25, -0.2) is 4.79 Å². The van der Waals surface area contributed by atoms with Crippen molar-refractivity contribution in [3.8, 4) is 0 Å². The molecule has 0 aromatic heterocycles. The predicted octanol–water partition coefficient (Wildman–Crippen LogP) is 0.145. The van der Waals surface area contributed by atoms with Crippen molar-refractivity contribution in [1.29, 1.82) is 0 Å². The van der Waals surface area contributed by atoms with E-state index in [4.69, 9.17) is 19.3 Å². The first-order valence-electron chi connectivity index (χ1n) is 5.24. The van der Waals surface area contributed by atoms with Gasteiger partial charge in [-0.1, -0.05) is 0 Å².